The molecule has 7 heteroatoms. The molecular formula is C21H18ClN3O2S. The number of furan rings is 1. The Bertz CT molecular complexity index is 1080. The van der Waals surface area contributed by atoms with E-state index in [1.807, 2.05) is 66.1 Å². The minimum absolute atomic E-state index is 0.646. The second-order valence-corrected chi connectivity index (χ2v) is 7.57. The van der Waals surface area contributed by atoms with Crippen LogP contribution in [0, 0.1) is 6.92 Å². The maximum Gasteiger partial charge on any atom is 0.205 e. The van der Waals surface area contributed by atoms with Crippen LogP contribution in [0.3, 0.4) is 0 Å². The zero-order valence-electron chi connectivity index (χ0n) is 15.4. The maximum absolute atomic E-state index is 6.27. The highest BCUT2D eigenvalue weighted by atomic mass is 35.5. The van der Waals surface area contributed by atoms with Crippen LogP contribution in [0.5, 0.6) is 5.75 Å². The molecule has 0 fully saturated rings. The summed E-state index contributed by atoms with van der Waals surface area (Å²) in [7, 11) is 1.66. The lowest BCUT2D eigenvalue weighted by Gasteiger charge is -2.12. The second kappa shape index (κ2) is 8.12. The molecule has 0 radical (unpaired) electrons. The summed E-state index contributed by atoms with van der Waals surface area (Å²) in [4.78, 5) is 0. The molecule has 0 saturated heterocycles. The largest absolute Gasteiger partial charge is 0.497 e. The maximum atomic E-state index is 6.27. The Morgan fingerprint density at radius 2 is 1.93 bits per heavy atom. The molecule has 0 atom stereocenters. The molecule has 0 aliphatic rings. The Balaban J connectivity index is 1.71. The molecule has 0 spiro atoms. The fourth-order valence-corrected chi connectivity index (χ4v) is 3.91. The highest BCUT2D eigenvalue weighted by Gasteiger charge is 2.19. The monoisotopic (exact) mass is 411 g/mol. The highest BCUT2D eigenvalue weighted by Crippen LogP contribution is 2.32. The van der Waals surface area contributed by atoms with Crippen molar-refractivity contribution in [2.24, 2.45) is 0 Å². The quantitative estimate of drug-likeness (QED) is 0.376. The van der Waals surface area contributed by atoms with Crippen molar-refractivity contribution in [2.45, 2.75) is 17.8 Å². The van der Waals surface area contributed by atoms with Crippen molar-refractivity contribution in [3.63, 3.8) is 0 Å². The molecule has 0 unspecified atom stereocenters. The number of nitrogens with zero attached hydrogens (tertiary/aromatic N) is 3. The summed E-state index contributed by atoms with van der Waals surface area (Å²) < 4.78 is 12.8. The second-order valence-electron chi connectivity index (χ2n) is 6.19. The Hall–Kier alpha value is -2.70. The molecule has 4 rings (SSSR count). The van der Waals surface area contributed by atoms with Gasteiger partial charge in [0.05, 0.1) is 19.1 Å². The molecule has 4 aromatic rings. The van der Waals surface area contributed by atoms with E-state index < -0.39 is 0 Å². The molecule has 0 saturated carbocycles. The van der Waals surface area contributed by atoms with Gasteiger partial charge in [-0.2, -0.15) is 0 Å². The van der Waals surface area contributed by atoms with Gasteiger partial charge in [-0.3, -0.25) is 4.57 Å². The summed E-state index contributed by atoms with van der Waals surface area (Å²) in [6, 6.07) is 17.5. The van der Waals surface area contributed by atoms with Gasteiger partial charge in [-0.1, -0.05) is 41.6 Å². The van der Waals surface area contributed by atoms with E-state index in [1.165, 1.54) is 5.56 Å². The molecule has 0 bridgehead atoms. The van der Waals surface area contributed by atoms with Crippen molar-refractivity contribution in [2.75, 3.05) is 7.11 Å². The summed E-state index contributed by atoms with van der Waals surface area (Å²) >= 11 is 7.87. The third-order valence-corrected chi connectivity index (χ3v) is 5.55. The molecule has 2 aromatic carbocycles. The number of aromatic nitrogens is 3. The van der Waals surface area contributed by atoms with Crippen LogP contribution in [0.15, 0.2) is 70.4 Å². The summed E-state index contributed by atoms with van der Waals surface area (Å²) in [5.41, 5.74) is 3.17. The van der Waals surface area contributed by atoms with E-state index in [0.717, 1.165) is 27.9 Å². The molecule has 0 aliphatic carbocycles. The van der Waals surface area contributed by atoms with E-state index in [1.54, 1.807) is 25.1 Å². The first-order valence-corrected chi connectivity index (χ1v) is 10.0. The van der Waals surface area contributed by atoms with Gasteiger partial charge in [0.15, 0.2) is 10.9 Å². The van der Waals surface area contributed by atoms with Gasteiger partial charge in [0.2, 0.25) is 5.82 Å². The minimum atomic E-state index is 0.646. The molecule has 142 valence electrons. The number of thioether (sulfide) groups is 1. The number of rotatable bonds is 6. The molecule has 0 amide bonds. The van der Waals surface area contributed by atoms with Crippen LogP contribution in [0.25, 0.3) is 17.3 Å². The topological polar surface area (TPSA) is 53.1 Å². The van der Waals surface area contributed by atoms with Crippen LogP contribution in [-0.4, -0.2) is 21.9 Å². The number of halogens is 1. The normalized spacial score (nSPS) is 11.0. The Labute approximate surface area is 172 Å². The van der Waals surface area contributed by atoms with Crippen LogP contribution in [-0.2, 0) is 5.75 Å². The summed E-state index contributed by atoms with van der Waals surface area (Å²) in [5, 5.41) is 10.2. The first-order chi connectivity index (χ1) is 13.7. The van der Waals surface area contributed by atoms with Gasteiger partial charge in [-0.25, -0.2) is 0 Å². The van der Waals surface area contributed by atoms with Crippen LogP contribution < -0.4 is 4.74 Å². The molecule has 0 aliphatic heterocycles. The number of ether oxygens (including phenoxy) is 1. The van der Waals surface area contributed by atoms with Crippen molar-refractivity contribution in [1.29, 1.82) is 0 Å². The van der Waals surface area contributed by atoms with Gasteiger partial charge in [0.25, 0.3) is 0 Å². The van der Waals surface area contributed by atoms with Crippen LogP contribution in [0.1, 0.15) is 11.1 Å². The fourth-order valence-electron chi connectivity index (χ4n) is 2.84. The lowest BCUT2D eigenvalue weighted by Crippen LogP contribution is -2.02. The fraction of sp³-hybridized carbons (Fsp3) is 0.143. The van der Waals surface area contributed by atoms with Gasteiger partial charge in [-0.15, -0.1) is 10.2 Å². The van der Waals surface area contributed by atoms with Crippen molar-refractivity contribution in [3.8, 4) is 23.0 Å². The number of hydrogen-bond acceptors (Lipinski definition) is 5. The van der Waals surface area contributed by atoms with Crippen molar-refractivity contribution in [3.05, 3.63) is 77.0 Å². The summed E-state index contributed by atoms with van der Waals surface area (Å²) in [6.07, 6.45) is 1.63. The van der Waals surface area contributed by atoms with E-state index >= 15 is 0 Å². The zero-order valence-corrected chi connectivity index (χ0v) is 17.0. The average molecular weight is 412 g/mol. The Morgan fingerprint density at radius 3 is 2.64 bits per heavy atom. The van der Waals surface area contributed by atoms with E-state index in [9.17, 15) is 0 Å². The SMILES string of the molecule is COc1ccc(CSc2nnc(-c3ccco3)n2-c2cc(Cl)ccc2C)cc1. The van der Waals surface area contributed by atoms with Crippen LogP contribution >= 0.6 is 23.4 Å². The summed E-state index contributed by atoms with van der Waals surface area (Å²) in [5.74, 6) is 2.89. The molecule has 5 nitrogen and oxygen atoms in total. The minimum Gasteiger partial charge on any atom is -0.497 e. The molecule has 2 heterocycles. The highest BCUT2D eigenvalue weighted by molar-refractivity contribution is 7.98. The molecule has 0 N–H and O–H groups in total. The van der Waals surface area contributed by atoms with Gasteiger partial charge in [-0.05, 0) is 54.4 Å². The molecule has 28 heavy (non-hydrogen) atoms. The van der Waals surface area contributed by atoms with Crippen LogP contribution in [0.4, 0.5) is 0 Å². The van der Waals surface area contributed by atoms with Gasteiger partial charge in [0, 0.05) is 10.8 Å². The van der Waals surface area contributed by atoms with Gasteiger partial charge >= 0.3 is 0 Å². The first-order valence-electron chi connectivity index (χ1n) is 8.67. The predicted octanol–water partition coefficient (Wildman–Crippen LogP) is 5.79. The zero-order chi connectivity index (χ0) is 19.5. The number of hydrogen-bond donors (Lipinski definition) is 0. The first kappa shape index (κ1) is 18.7. The van der Waals surface area contributed by atoms with Crippen molar-refractivity contribution in [1.82, 2.24) is 14.8 Å². The lowest BCUT2D eigenvalue weighted by atomic mass is 10.2. The molecule has 2 aromatic heterocycles. The third-order valence-electron chi connectivity index (χ3n) is 4.31. The van der Waals surface area contributed by atoms with Crippen molar-refractivity contribution < 1.29 is 9.15 Å². The number of methoxy groups -OCH3 is 1. The average Bonchev–Trinajstić information content (AvgIpc) is 3.38. The van der Waals surface area contributed by atoms with Crippen molar-refractivity contribution >= 4 is 23.4 Å². The summed E-state index contributed by atoms with van der Waals surface area (Å²) in [6.45, 7) is 2.04. The van der Waals surface area contributed by atoms with E-state index in [-0.39, 0.29) is 0 Å². The van der Waals surface area contributed by atoms with E-state index in [2.05, 4.69) is 10.2 Å². The number of aryl methyl sites for hydroxylation is 1. The number of benzene rings is 2. The lowest BCUT2D eigenvalue weighted by molar-refractivity contribution is 0.414. The standard InChI is InChI=1S/C21H18ClN3O2S/c1-14-5-8-16(22)12-18(14)25-20(19-4-3-11-27-19)23-24-21(25)28-13-15-6-9-17(26-2)10-7-15/h3-12H,13H2,1-2H3. The van der Waals surface area contributed by atoms with Gasteiger partial charge < -0.3 is 9.15 Å². The van der Waals surface area contributed by atoms with Gasteiger partial charge in [0.1, 0.15) is 5.75 Å². The smallest absolute Gasteiger partial charge is 0.205 e. The van der Waals surface area contributed by atoms with Crippen LogP contribution in [0.2, 0.25) is 5.02 Å². The molecular weight excluding hydrogens is 394 g/mol. The van der Waals surface area contributed by atoms with E-state index in [0.29, 0.717) is 16.6 Å². The Kier molecular flexibility index (Phi) is 5.41. The predicted molar refractivity (Wildman–Crippen MR) is 111 cm³/mol. The Morgan fingerprint density at radius 1 is 1.11 bits per heavy atom. The van der Waals surface area contributed by atoms with E-state index in [4.69, 9.17) is 20.8 Å². The third kappa shape index (κ3) is 3.79.